The molecule has 82 valence electrons. The maximum atomic E-state index is 13.0. The third-order valence-electron chi connectivity index (χ3n) is 1.69. The highest BCUT2D eigenvalue weighted by molar-refractivity contribution is 5.69. The Morgan fingerprint density at radius 3 is 2.60 bits per heavy atom. The summed E-state index contributed by atoms with van der Waals surface area (Å²) in [6.07, 6.45) is -3.24. The second-order valence-electron chi connectivity index (χ2n) is 2.74. The van der Waals surface area contributed by atoms with E-state index in [-0.39, 0.29) is 0 Å². The van der Waals surface area contributed by atoms with Gasteiger partial charge in [0.05, 0.1) is 17.7 Å². The molecule has 0 spiro atoms. The molecule has 1 rings (SSSR count). The fraction of sp³-hybridized carbons (Fsp3) is 0.250. The third kappa shape index (κ3) is 2.36. The second kappa shape index (κ2) is 4.16. The molecule has 0 saturated carbocycles. The maximum Gasteiger partial charge on any atom is 0.309 e. The standard InChI is InChI=1S/C8H6F3NO3/c9-6-4(1-5(13)14)12-2-3(7(6)15)8(10)11/h2,8H,1H2,(H,12,15)(H,13,14). The van der Waals surface area contributed by atoms with Gasteiger partial charge in [0.25, 0.3) is 6.43 Å². The minimum atomic E-state index is -3.10. The van der Waals surface area contributed by atoms with Gasteiger partial charge < -0.3 is 10.1 Å². The summed E-state index contributed by atoms with van der Waals surface area (Å²) in [6, 6.07) is 0. The van der Waals surface area contributed by atoms with Gasteiger partial charge in [-0.3, -0.25) is 9.59 Å². The first kappa shape index (κ1) is 11.3. The van der Waals surface area contributed by atoms with Crippen molar-refractivity contribution < 1.29 is 23.1 Å². The molecule has 0 radical (unpaired) electrons. The molecular formula is C8H6F3NO3. The van der Waals surface area contributed by atoms with Crippen LogP contribution in [0.3, 0.4) is 0 Å². The summed E-state index contributed by atoms with van der Waals surface area (Å²) >= 11 is 0. The van der Waals surface area contributed by atoms with Crippen molar-refractivity contribution in [2.75, 3.05) is 0 Å². The number of rotatable bonds is 3. The molecule has 0 aliphatic carbocycles. The van der Waals surface area contributed by atoms with Crippen molar-refractivity contribution in [2.45, 2.75) is 12.8 Å². The molecule has 1 heterocycles. The van der Waals surface area contributed by atoms with E-state index in [2.05, 4.69) is 0 Å². The van der Waals surface area contributed by atoms with E-state index in [1.54, 1.807) is 0 Å². The van der Waals surface area contributed by atoms with Crippen LogP contribution in [0.5, 0.6) is 0 Å². The van der Waals surface area contributed by atoms with Gasteiger partial charge in [0.15, 0.2) is 5.82 Å². The summed E-state index contributed by atoms with van der Waals surface area (Å²) in [6.45, 7) is 0. The van der Waals surface area contributed by atoms with Crippen molar-refractivity contribution in [1.82, 2.24) is 4.98 Å². The quantitative estimate of drug-likeness (QED) is 0.802. The fourth-order valence-electron chi connectivity index (χ4n) is 0.999. The summed E-state index contributed by atoms with van der Waals surface area (Å²) in [5.74, 6) is -2.84. The van der Waals surface area contributed by atoms with Crippen LogP contribution in [0.25, 0.3) is 0 Å². The van der Waals surface area contributed by atoms with Gasteiger partial charge in [0, 0.05) is 6.20 Å². The first-order valence-corrected chi connectivity index (χ1v) is 3.83. The Hall–Kier alpha value is -1.79. The molecule has 4 nitrogen and oxygen atoms in total. The van der Waals surface area contributed by atoms with Crippen molar-refractivity contribution in [3.8, 4) is 0 Å². The lowest BCUT2D eigenvalue weighted by Gasteiger charge is -2.02. The van der Waals surface area contributed by atoms with Crippen LogP contribution in [0.15, 0.2) is 11.0 Å². The number of halogens is 3. The Bertz CT molecular complexity index is 441. The number of aliphatic carboxylic acids is 1. The molecule has 0 amide bonds. The number of pyridine rings is 1. The fourth-order valence-corrected chi connectivity index (χ4v) is 0.999. The van der Waals surface area contributed by atoms with E-state index in [0.717, 1.165) is 0 Å². The lowest BCUT2D eigenvalue weighted by atomic mass is 10.2. The average molecular weight is 221 g/mol. The molecular weight excluding hydrogens is 215 g/mol. The normalized spacial score (nSPS) is 10.7. The molecule has 0 saturated heterocycles. The summed E-state index contributed by atoms with van der Waals surface area (Å²) in [5, 5.41) is 8.32. The average Bonchev–Trinajstić information content (AvgIpc) is 2.12. The largest absolute Gasteiger partial charge is 0.481 e. The van der Waals surface area contributed by atoms with Crippen LogP contribution < -0.4 is 5.43 Å². The van der Waals surface area contributed by atoms with Gasteiger partial charge in [0.2, 0.25) is 5.43 Å². The number of H-pyrrole nitrogens is 1. The van der Waals surface area contributed by atoms with Crippen molar-refractivity contribution in [2.24, 2.45) is 0 Å². The number of carboxylic acids is 1. The molecule has 2 N–H and O–H groups in total. The summed E-state index contributed by atoms with van der Waals surface area (Å²) in [7, 11) is 0. The van der Waals surface area contributed by atoms with Gasteiger partial charge in [-0.05, 0) is 0 Å². The number of carbonyl (C=O) groups is 1. The van der Waals surface area contributed by atoms with E-state index in [1.165, 1.54) is 0 Å². The van der Waals surface area contributed by atoms with Crippen LogP contribution in [0.2, 0.25) is 0 Å². The number of alkyl halides is 2. The minimum absolute atomic E-state index is 0.517. The number of carboxylic acid groups (broad SMARTS) is 1. The summed E-state index contributed by atoms with van der Waals surface area (Å²) in [5.41, 5.74) is -3.00. The summed E-state index contributed by atoms with van der Waals surface area (Å²) < 4.78 is 37.2. The van der Waals surface area contributed by atoms with Crippen LogP contribution in [0.4, 0.5) is 13.2 Å². The zero-order valence-corrected chi connectivity index (χ0v) is 7.26. The highest BCUT2D eigenvalue weighted by atomic mass is 19.3. The molecule has 7 heteroatoms. The van der Waals surface area contributed by atoms with Crippen molar-refractivity contribution in [3.05, 3.63) is 33.5 Å². The van der Waals surface area contributed by atoms with Crippen LogP contribution >= 0.6 is 0 Å². The molecule has 1 aromatic heterocycles. The first-order valence-electron chi connectivity index (χ1n) is 3.83. The topological polar surface area (TPSA) is 70.2 Å². The van der Waals surface area contributed by atoms with Crippen molar-refractivity contribution in [3.63, 3.8) is 0 Å². The molecule has 1 aromatic rings. The Morgan fingerprint density at radius 2 is 2.13 bits per heavy atom. The molecule has 15 heavy (non-hydrogen) atoms. The lowest BCUT2D eigenvalue weighted by Crippen LogP contribution is -2.19. The van der Waals surface area contributed by atoms with E-state index in [0.29, 0.717) is 6.20 Å². The zero-order valence-electron chi connectivity index (χ0n) is 7.26. The number of aromatic nitrogens is 1. The maximum absolute atomic E-state index is 13.0. The predicted molar refractivity (Wildman–Crippen MR) is 43.3 cm³/mol. The molecule has 0 aromatic carbocycles. The van der Waals surface area contributed by atoms with Crippen LogP contribution in [-0.4, -0.2) is 16.1 Å². The number of nitrogens with one attached hydrogen (secondary N) is 1. The number of hydrogen-bond acceptors (Lipinski definition) is 2. The SMILES string of the molecule is O=C(O)Cc1[nH]cc(C(F)F)c(=O)c1F. The molecule has 0 unspecified atom stereocenters. The Balaban J connectivity index is 3.22. The van der Waals surface area contributed by atoms with Crippen molar-refractivity contribution >= 4 is 5.97 Å². The van der Waals surface area contributed by atoms with E-state index < -0.39 is 41.3 Å². The smallest absolute Gasteiger partial charge is 0.309 e. The lowest BCUT2D eigenvalue weighted by molar-refractivity contribution is -0.136. The van der Waals surface area contributed by atoms with Crippen LogP contribution in [0.1, 0.15) is 17.7 Å². The second-order valence-corrected chi connectivity index (χ2v) is 2.74. The van der Waals surface area contributed by atoms with Gasteiger partial charge >= 0.3 is 5.97 Å². The van der Waals surface area contributed by atoms with Gasteiger partial charge in [-0.2, -0.15) is 0 Å². The highest BCUT2D eigenvalue weighted by Crippen LogP contribution is 2.14. The molecule has 0 fully saturated rings. The molecule has 0 bridgehead atoms. The highest BCUT2D eigenvalue weighted by Gasteiger charge is 2.18. The predicted octanol–water partition coefficient (Wildman–Crippen LogP) is 1.08. The molecule has 0 aliphatic rings. The van der Waals surface area contributed by atoms with E-state index >= 15 is 0 Å². The van der Waals surface area contributed by atoms with Crippen molar-refractivity contribution in [1.29, 1.82) is 0 Å². The Kier molecular flexibility index (Phi) is 3.13. The number of hydrogen-bond donors (Lipinski definition) is 2. The van der Waals surface area contributed by atoms with E-state index in [4.69, 9.17) is 5.11 Å². The van der Waals surface area contributed by atoms with Gasteiger partial charge in [-0.25, -0.2) is 13.2 Å². The first-order chi connectivity index (χ1) is 6.93. The molecule has 0 aliphatic heterocycles. The minimum Gasteiger partial charge on any atom is -0.481 e. The summed E-state index contributed by atoms with van der Waals surface area (Å²) in [4.78, 5) is 23.2. The Labute approximate surface area is 81.4 Å². The molecule has 0 atom stereocenters. The van der Waals surface area contributed by atoms with Crippen LogP contribution in [-0.2, 0) is 11.2 Å². The third-order valence-corrected chi connectivity index (χ3v) is 1.69. The van der Waals surface area contributed by atoms with Crippen LogP contribution in [0, 0.1) is 5.82 Å². The van der Waals surface area contributed by atoms with E-state index in [9.17, 15) is 22.8 Å². The van der Waals surface area contributed by atoms with Gasteiger partial charge in [0.1, 0.15) is 0 Å². The Morgan fingerprint density at radius 1 is 1.53 bits per heavy atom. The van der Waals surface area contributed by atoms with Gasteiger partial charge in [-0.1, -0.05) is 0 Å². The zero-order chi connectivity index (χ0) is 11.6. The van der Waals surface area contributed by atoms with E-state index in [1.807, 2.05) is 4.98 Å². The number of aromatic amines is 1. The monoisotopic (exact) mass is 221 g/mol. The van der Waals surface area contributed by atoms with Gasteiger partial charge in [-0.15, -0.1) is 0 Å².